The first-order valence-corrected chi connectivity index (χ1v) is 7.37. The molecule has 5 heteroatoms. The number of halogens is 2. The second kappa shape index (κ2) is 7.38. The summed E-state index contributed by atoms with van der Waals surface area (Å²) < 4.78 is 28.0. The summed E-state index contributed by atoms with van der Waals surface area (Å²) in [5, 5.41) is 0. The molecule has 0 aromatic heterocycles. The molecule has 0 unspecified atom stereocenters. The highest BCUT2D eigenvalue weighted by molar-refractivity contribution is 5.96. The maximum atomic E-state index is 14.1. The summed E-state index contributed by atoms with van der Waals surface area (Å²) in [6.45, 7) is 8.31. The number of carbonyl (C=O) groups is 1. The summed E-state index contributed by atoms with van der Waals surface area (Å²) >= 11 is 0. The quantitative estimate of drug-likeness (QED) is 0.811. The molecule has 0 fully saturated rings. The van der Waals surface area contributed by atoms with Gasteiger partial charge in [0.05, 0.1) is 5.69 Å². The van der Waals surface area contributed by atoms with Gasteiger partial charge in [-0.2, -0.15) is 0 Å². The lowest BCUT2D eigenvalue weighted by atomic mass is 10.0. The Hall–Kier alpha value is -1.65. The Morgan fingerprint density at radius 2 is 1.81 bits per heavy atom. The Morgan fingerprint density at radius 1 is 1.24 bits per heavy atom. The van der Waals surface area contributed by atoms with Gasteiger partial charge < -0.3 is 10.6 Å². The normalized spacial score (nSPS) is 11.2. The van der Waals surface area contributed by atoms with E-state index in [1.165, 1.54) is 0 Å². The van der Waals surface area contributed by atoms with Crippen molar-refractivity contribution in [1.82, 2.24) is 4.90 Å². The summed E-state index contributed by atoms with van der Waals surface area (Å²) in [6, 6.07) is 2.12. The minimum absolute atomic E-state index is 0.0415. The number of rotatable bonds is 6. The van der Waals surface area contributed by atoms with E-state index in [-0.39, 0.29) is 17.6 Å². The standard InChI is InChI=1S/C16H24F2N2O/c1-5-11(6-2)20(9-10(3)4)16(21)14-12(17)7-8-13(19)15(14)18/h7-8,10-11H,5-6,9,19H2,1-4H3. The van der Waals surface area contributed by atoms with Gasteiger partial charge in [0.25, 0.3) is 5.91 Å². The van der Waals surface area contributed by atoms with Crippen LogP contribution in [0.1, 0.15) is 50.9 Å². The van der Waals surface area contributed by atoms with Crippen molar-refractivity contribution in [2.45, 2.75) is 46.6 Å². The predicted molar refractivity (Wildman–Crippen MR) is 81.0 cm³/mol. The van der Waals surface area contributed by atoms with Crippen LogP contribution in [0, 0.1) is 17.6 Å². The summed E-state index contributed by atoms with van der Waals surface area (Å²) in [7, 11) is 0. The van der Waals surface area contributed by atoms with Crippen molar-refractivity contribution in [3.8, 4) is 0 Å². The Morgan fingerprint density at radius 3 is 2.29 bits per heavy atom. The number of carbonyl (C=O) groups excluding carboxylic acids is 1. The molecule has 21 heavy (non-hydrogen) atoms. The fourth-order valence-electron chi connectivity index (χ4n) is 2.43. The lowest BCUT2D eigenvalue weighted by Crippen LogP contribution is -2.42. The molecular formula is C16H24F2N2O. The van der Waals surface area contributed by atoms with Crippen molar-refractivity contribution in [2.75, 3.05) is 12.3 Å². The van der Waals surface area contributed by atoms with Gasteiger partial charge in [-0.1, -0.05) is 27.7 Å². The van der Waals surface area contributed by atoms with Crippen LogP contribution in [-0.4, -0.2) is 23.4 Å². The van der Waals surface area contributed by atoms with Crippen molar-refractivity contribution < 1.29 is 13.6 Å². The topological polar surface area (TPSA) is 46.3 Å². The van der Waals surface area contributed by atoms with Gasteiger partial charge in [0, 0.05) is 12.6 Å². The third-order valence-electron chi connectivity index (χ3n) is 3.54. The molecule has 1 rings (SSSR count). The first-order chi connectivity index (χ1) is 9.83. The van der Waals surface area contributed by atoms with Gasteiger partial charge in [-0.05, 0) is 30.9 Å². The minimum atomic E-state index is -0.972. The van der Waals surface area contributed by atoms with Gasteiger partial charge in [0.2, 0.25) is 0 Å². The van der Waals surface area contributed by atoms with Gasteiger partial charge in [0.15, 0.2) is 5.82 Å². The number of benzene rings is 1. The molecule has 1 aromatic carbocycles. The SMILES string of the molecule is CCC(CC)N(CC(C)C)C(=O)c1c(F)ccc(N)c1F. The molecule has 0 spiro atoms. The molecule has 0 atom stereocenters. The van der Waals surface area contributed by atoms with Crippen LogP contribution in [0.4, 0.5) is 14.5 Å². The summed E-state index contributed by atoms with van der Waals surface area (Å²) in [4.78, 5) is 14.2. The highest BCUT2D eigenvalue weighted by Gasteiger charge is 2.28. The fourth-order valence-corrected chi connectivity index (χ4v) is 2.43. The average Bonchev–Trinajstić information content (AvgIpc) is 2.43. The number of hydrogen-bond donors (Lipinski definition) is 1. The maximum absolute atomic E-state index is 14.1. The van der Waals surface area contributed by atoms with Crippen LogP contribution in [-0.2, 0) is 0 Å². The van der Waals surface area contributed by atoms with Crippen molar-refractivity contribution in [3.63, 3.8) is 0 Å². The van der Waals surface area contributed by atoms with Crippen LogP contribution in [0.25, 0.3) is 0 Å². The van der Waals surface area contributed by atoms with E-state index in [9.17, 15) is 13.6 Å². The monoisotopic (exact) mass is 298 g/mol. The van der Waals surface area contributed by atoms with Crippen molar-refractivity contribution >= 4 is 11.6 Å². The second-order valence-electron chi connectivity index (χ2n) is 5.65. The Bertz CT molecular complexity index is 499. The molecule has 0 aliphatic rings. The van der Waals surface area contributed by atoms with Crippen molar-refractivity contribution in [2.24, 2.45) is 5.92 Å². The zero-order valence-electron chi connectivity index (χ0n) is 13.1. The van der Waals surface area contributed by atoms with Crippen LogP contribution in [0.3, 0.4) is 0 Å². The van der Waals surface area contributed by atoms with E-state index >= 15 is 0 Å². The fraction of sp³-hybridized carbons (Fsp3) is 0.562. The molecule has 1 aromatic rings. The molecule has 1 amide bonds. The molecule has 0 saturated heterocycles. The molecule has 0 bridgehead atoms. The first kappa shape index (κ1) is 17.4. The van der Waals surface area contributed by atoms with Crippen molar-refractivity contribution in [3.05, 3.63) is 29.3 Å². The van der Waals surface area contributed by atoms with E-state index in [2.05, 4.69) is 0 Å². The number of nitrogens with zero attached hydrogens (tertiary/aromatic N) is 1. The average molecular weight is 298 g/mol. The van der Waals surface area contributed by atoms with E-state index in [1.807, 2.05) is 27.7 Å². The van der Waals surface area contributed by atoms with Crippen LogP contribution in [0.15, 0.2) is 12.1 Å². The van der Waals surface area contributed by atoms with E-state index in [4.69, 9.17) is 5.73 Å². The zero-order valence-corrected chi connectivity index (χ0v) is 13.1. The maximum Gasteiger partial charge on any atom is 0.260 e. The van der Waals surface area contributed by atoms with Gasteiger partial charge in [0.1, 0.15) is 11.4 Å². The minimum Gasteiger partial charge on any atom is -0.396 e. The van der Waals surface area contributed by atoms with Crippen LogP contribution in [0.2, 0.25) is 0 Å². The van der Waals surface area contributed by atoms with Crippen LogP contribution >= 0.6 is 0 Å². The van der Waals surface area contributed by atoms with Crippen LogP contribution < -0.4 is 5.73 Å². The largest absolute Gasteiger partial charge is 0.396 e. The highest BCUT2D eigenvalue weighted by Crippen LogP contribution is 2.23. The molecule has 0 heterocycles. The summed E-state index contributed by atoms with van der Waals surface area (Å²) in [6.07, 6.45) is 1.47. The molecule has 2 N–H and O–H groups in total. The van der Waals surface area contributed by atoms with Gasteiger partial charge in [-0.25, -0.2) is 8.78 Å². The molecule has 118 valence electrons. The Kier molecular flexibility index (Phi) is 6.12. The number of nitrogen functional groups attached to an aromatic ring is 1. The molecule has 3 nitrogen and oxygen atoms in total. The highest BCUT2D eigenvalue weighted by atomic mass is 19.1. The molecule has 0 saturated carbocycles. The number of nitrogens with two attached hydrogens (primary N) is 1. The number of amides is 1. The molecule has 0 aliphatic carbocycles. The van der Waals surface area contributed by atoms with Gasteiger partial charge >= 0.3 is 0 Å². The molecule has 0 aliphatic heterocycles. The smallest absolute Gasteiger partial charge is 0.260 e. The zero-order chi connectivity index (χ0) is 16.2. The summed E-state index contributed by atoms with van der Waals surface area (Å²) in [5.74, 6) is -2.26. The summed E-state index contributed by atoms with van der Waals surface area (Å²) in [5.41, 5.74) is 4.69. The number of hydrogen-bond acceptors (Lipinski definition) is 2. The van der Waals surface area contributed by atoms with E-state index in [1.54, 1.807) is 4.90 Å². The Balaban J connectivity index is 3.25. The number of anilines is 1. The third kappa shape index (κ3) is 3.93. The van der Waals surface area contributed by atoms with Crippen LogP contribution in [0.5, 0.6) is 0 Å². The Labute approximate surface area is 125 Å². The second-order valence-corrected chi connectivity index (χ2v) is 5.65. The predicted octanol–water partition coefficient (Wildman–Crippen LogP) is 3.83. The van der Waals surface area contributed by atoms with Crippen molar-refractivity contribution in [1.29, 1.82) is 0 Å². The van der Waals surface area contributed by atoms with E-state index < -0.39 is 23.1 Å². The van der Waals surface area contributed by atoms with E-state index in [0.717, 1.165) is 25.0 Å². The van der Waals surface area contributed by atoms with E-state index in [0.29, 0.717) is 6.54 Å². The lowest BCUT2D eigenvalue weighted by Gasteiger charge is -2.32. The van der Waals surface area contributed by atoms with Gasteiger partial charge in [-0.15, -0.1) is 0 Å². The molecular weight excluding hydrogens is 274 g/mol. The molecule has 0 radical (unpaired) electrons. The third-order valence-corrected chi connectivity index (χ3v) is 3.54. The van der Waals surface area contributed by atoms with Gasteiger partial charge in [-0.3, -0.25) is 4.79 Å². The lowest BCUT2D eigenvalue weighted by molar-refractivity contribution is 0.0630. The first-order valence-electron chi connectivity index (χ1n) is 7.37.